The van der Waals surface area contributed by atoms with Crippen LogP contribution in [0.1, 0.15) is 18.1 Å². The van der Waals surface area contributed by atoms with Crippen molar-refractivity contribution >= 4 is 32.3 Å². The van der Waals surface area contributed by atoms with Crippen LogP contribution in [-0.2, 0) is 0 Å². The van der Waals surface area contributed by atoms with Gasteiger partial charge in [-0.2, -0.15) is 0 Å². The van der Waals surface area contributed by atoms with Gasteiger partial charge in [-0.3, -0.25) is 0 Å². The Kier molecular flexibility index (Phi) is 3.43. The van der Waals surface area contributed by atoms with E-state index in [9.17, 15) is 0 Å². The molecule has 5 rings (SSSR count). The average Bonchev–Trinajstić information content (AvgIpc) is 2.71. The Morgan fingerprint density at radius 3 is 1.69 bits per heavy atom. The maximum atomic E-state index is 2.31. The van der Waals surface area contributed by atoms with E-state index in [2.05, 4.69) is 104 Å². The predicted octanol–water partition coefficient (Wildman–Crippen LogP) is 7.14. The van der Waals surface area contributed by atoms with Crippen LogP contribution in [0.3, 0.4) is 0 Å². The molecular weight excluding hydrogens is 312 g/mol. The van der Waals surface area contributed by atoms with E-state index in [0.29, 0.717) is 0 Å². The quantitative estimate of drug-likeness (QED) is 0.238. The highest BCUT2D eigenvalue weighted by atomic mass is 14.2. The molecule has 0 aliphatic carbocycles. The Bertz CT molecular complexity index is 1190. The summed E-state index contributed by atoms with van der Waals surface area (Å²) in [6.07, 6.45) is 0. The van der Waals surface area contributed by atoms with Gasteiger partial charge in [0.1, 0.15) is 0 Å². The van der Waals surface area contributed by atoms with E-state index in [-0.39, 0.29) is 0 Å². The molecule has 122 valence electrons. The maximum absolute atomic E-state index is 2.31. The van der Waals surface area contributed by atoms with Crippen LogP contribution in [0.5, 0.6) is 0 Å². The van der Waals surface area contributed by atoms with Crippen LogP contribution in [0.15, 0.2) is 97.1 Å². The van der Waals surface area contributed by atoms with E-state index in [1.165, 1.54) is 49.4 Å². The Balaban J connectivity index is 1.80. The molecule has 0 radical (unpaired) electrons. The van der Waals surface area contributed by atoms with Crippen LogP contribution in [0.4, 0.5) is 0 Å². The van der Waals surface area contributed by atoms with E-state index >= 15 is 0 Å². The van der Waals surface area contributed by atoms with E-state index in [4.69, 9.17) is 0 Å². The van der Waals surface area contributed by atoms with E-state index < -0.39 is 0 Å². The maximum Gasteiger partial charge on any atom is 0.0913 e. The first-order valence-corrected chi connectivity index (χ1v) is 9.05. The summed E-state index contributed by atoms with van der Waals surface area (Å²) in [5.74, 6) is 1.32. The molecule has 0 fully saturated rings. The lowest BCUT2D eigenvalue weighted by atomic mass is 9.85. The van der Waals surface area contributed by atoms with Gasteiger partial charge in [-0.05, 0) is 54.8 Å². The van der Waals surface area contributed by atoms with Crippen LogP contribution in [-0.4, -0.2) is 0 Å². The summed E-state index contributed by atoms with van der Waals surface area (Å²) in [5, 5.41) is 7.79. The van der Waals surface area contributed by atoms with Crippen molar-refractivity contribution in [2.45, 2.75) is 6.92 Å². The van der Waals surface area contributed by atoms with Crippen molar-refractivity contribution in [3.8, 4) is 0 Å². The predicted molar refractivity (Wildman–Crippen MR) is 113 cm³/mol. The number of benzene rings is 5. The zero-order chi connectivity index (χ0) is 17.5. The molecule has 0 saturated carbocycles. The third-order valence-electron chi connectivity index (χ3n) is 5.33. The van der Waals surface area contributed by atoms with E-state index in [0.717, 1.165) is 0 Å². The van der Waals surface area contributed by atoms with Gasteiger partial charge >= 0.3 is 0 Å². The Hall–Kier alpha value is -3.25. The lowest BCUT2D eigenvalue weighted by molar-refractivity contribution is 1.23. The van der Waals surface area contributed by atoms with Crippen molar-refractivity contribution in [2.75, 3.05) is 0 Å². The van der Waals surface area contributed by atoms with Gasteiger partial charge in [-0.1, -0.05) is 42.5 Å². The van der Waals surface area contributed by atoms with Crippen molar-refractivity contribution in [1.29, 1.82) is 0 Å². The summed E-state index contributed by atoms with van der Waals surface area (Å²) in [6.45, 7) is 2.25. The minimum atomic E-state index is 1.28. The molecule has 0 aromatic heterocycles. The van der Waals surface area contributed by atoms with Crippen LogP contribution in [0.25, 0.3) is 32.3 Å². The smallest absolute Gasteiger partial charge is 0.0616 e. The van der Waals surface area contributed by atoms with E-state index in [1.807, 2.05) is 0 Å². The van der Waals surface area contributed by atoms with Crippen LogP contribution in [0.2, 0.25) is 0 Å². The SMILES string of the molecule is C[C+](c1ccc2ccccc2c1)c1c2ccccc2cc2ccccc12. The van der Waals surface area contributed by atoms with Crippen molar-refractivity contribution in [2.24, 2.45) is 0 Å². The minimum Gasteiger partial charge on any atom is -0.0616 e. The second kappa shape index (κ2) is 5.93. The molecule has 0 aliphatic rings. The van der Waals surface area contributed by atoms with Crippen molar-refractivity contribution in [3.05, 3.63) is 114 Å². The summed E-state index contributed by atoms with van der Waals surface area (Å²) in [5.41, 5.74) is 2.62. The molecule has 0 heteroatoms. The first-order valence-electron chi connectivity index (χ1n) is 9.05. The fourth-order valence-electron chi connectivity index (χ4n) is 3.98. The molecule has 0 aliphatic heterocycles. The average molecular weight is 331 g/mol. The molecule has 0 spiro atoms. The number of fused-ring (bicyclic) bond motifs is 3. The number of rotatable bonds is 2. The molecule has 0 bridgehead atoms. The van der Waals surface area contributed by atoms with Gasteiger partial charge in [0.05, 0.1) is 21.9 Å². The second-order valence-corrected chi connectivity index (χ2v) is 6.88. The van der Waals surface area contributed by atoms with Gasteiger partial charge in [-0.25, -0.2) is 0 Å². The van der Waals surface area contributed by atoms with Gasteiger partial charge in [0, 0.05) is 34.2 Å². The van der Waals surface area contributed by atoms with Crippen molar-refractivity contribution in [1.82, 2.24) is 0 Å². The normalized spacial score (nSPS) is 11.3. The van der Waals surface area contributed by atoms with Crippen LogP contribution >= 0.6 is 0 Å². The highest BCUT2D eigenvalue weighted by molar-refractivity contribution is 6.04. The standard InChI is InChI=1S/C26H19/c1-18(20-15-14-19-8-2-3-9-21(19)16-20)26-24-12-6-4-10-22(24)17-23-11-5-7-13-25(23)26/h2-17H,1H3/q+1. The van der Waals surface area contributed by atoms with Gasteiger partial charge in [0.25, 0.3) is 0 Å². The molecule has 26 heavy (non-hydrogen) atoms. The molecule has 5 aromatic carbocycles. The molecule has 0 saturated heterocycles. The molecule has 0 atom stereocenters. The molecular formula is C26H19+. The lowest BCUT2D eigenvalue weighted by Gasteiger charge is -2.13. The number of hydrogen-bond acceptors (Lipinski definition) is 0. The third kappa shape index (κ3) is 2.34. The topological polar surface area (TPSA) is 0 Å². The zero-order valence-corrected chi connectivity index (χ0v) is 14.7. The first kappa shape index (κ1) is 15.0. The highest BCUT2D eigenvalue weighted by Crippen LogP contribution is 2.36. The van der Waals surface area contributed by atoms with Crippen molar-refractivity contribution in [3.63, 3.8) is 0 Å². The third-order valence-corrected chi connectivity index (χ3v) is 5.33. The fraction of sp³-hybridized carbons (Fsp3) is 0.0385. The van der Waals surface area contributed by atoms with E-state index in [1.54, 1.807) is 0 Å². The van der Waals surface area contributed by atoms with Gasteiger partial charge in [-0.15, -0.1) is 0 Å². The molecule has 5 aromatic rings. The largest absolute Gasteiger partial charge is 0.0913 e. The monoisotopic (exact) mass is 331 g/mol. The molecule has 0 N–H and O–H groups in total. The van der Waals surface area contributed by atoms with Gasteiger partial charge in [0.15, 0.2) is 0 Å². The zero-order valence-electron chi connectivity index (χ0n) is 14.7. The summed E-state index contributed by atoms with van der Waals surface area (Å²) in [7, 11) is 0. The Morgan fingerprint density at radius 1 is 0.500 bits per heavy atom. The lowest BCUT2D eigenvalue weighted by Crippen LogP contribution is -2.00. The summed E-state index contributed by atoms with van der Waals surface area (Å²) >= 11 is 0. The second-order valence-electron chi connectivity index (χ2n) is 6.88. The summed E-state index contributed by atoms with van der Waals surface area (Å²) in [4.78, 5) is 0. The molecule has 0 unspecified atom stereocenters. The Morgan fingerprint density at radius 2 is 1.04 bits per heavy atom. The molecule has 0 amide bonds. The minimum absolute atomic E-state index is 1.28. The fourth-order valence-corrected chi connectivity index (χ4v) is 3.98. The van der Waals surface area contributed by atoms with Crippen LogP contribution < -0.4 is 0 Å². The summed E-state index contributed by atoms with van der Waals surface area (Å²) < 4.78 is 0. The molecule has 0 nitrogen and oxygen atoms in total. The Labute approximate surface area is 153 Å². The highest BCUT2D eigenvalue weighted by Gasteiger charge is 2.22. The van der Waals surface area contributed by atoms with Gasteiger partial charge in [0.2, 0.25) is 0 Å². The molecule has 0 heterocycles. The van der Waals surface area contributed by atoms with Crippen molar-refractivity contribution < 1.29 is 0 Å². The number of hydrogen-bond donors (Lipinski definition) is 0. The summed E-state index contributed by atoms with van der Waals surface area (Å²) in [6, 6.07) is 35.0. The van der Waals surface area contributed by atoms with Crippen LogP contribution in [0, 0.1) is 5.92 Å². The first-order chi connectivity index (χ1) is 12.8. The van der Waals surface area contributed by atoms with Gasteiger partial charge < -0.3 is 0 Å².